The molecule has 0 saturated carbocycles. The second-order valence-electron chi connectivity index (χ2n) is 2.53. The molecular weight excluding hydrogens is 138 g/mol. The molecule has 9 heavy (non-hydrogen) atoms. The lowest BCUT2D eigenvalue weighted by atomic mass is 9.92. The van der Waals surface area contributed by atoms with Crippen LogP contribution in [-0.2, 0) is 4.79 Å². The van der Waals surface area contributed by atoms with Crippen LogP contribution in [0.25, 0.3) is 0 Å². The average Bonchev–Trinajstić information content (AvgIpc) is 1.63. The lowest BCUT2D eigenvalue weighted by Gasteiger charge is -2.09. The third-order valence-electron chi connectivity index (χ3n) is 0.884. The Kier molecular flexibility index (Phi) is 2.66. The fraction of sp³-hybridized carbons (Fsp3) is 0.667. The van der Waals surface area contributed by atoms with Crippen LogP contribution in [0.4, 0.5) is 0 Å². The quantitative estimate of drug-likeness (QED) is 0.555. The predicted octanol–water partition coefficient (Wildman–Crippen LogP) is 1.69. The largest absolute Gasteiger partial charge is 0.281 e. The molecule has 50 valence electrons. The van der Waals surface area contributed by atoms with E-state index in [0.717, 1.165) is 0 Å². The lowest BCUT2D eigenvalue weighted by Crippen LogP contribution is -2.10. The minimum atomic E-state index is -0.612. The Hall–Kier alpha value is -0.550. The molecule has 2 nitrogen and oxygen atoms in total. The van der Waals surface area contributed by atoms with E-state index in [1.165, 1.54) is 0 Å². The van der Waals surface area contributed by atoms with Gasteiger partial charge in [0.05, 0.1) is 11.5 Å². The topological polar surface area (TPSA) is 40.9 Å². The average molecular weight is 146 g/mol. The van der Waals surface area contributed by atoms with Crippen molar-refractivity contribution in [2.45, 2.75) is 20.3 Å². The van der Waals surface area contributed by atoms with Gasteiger partial charge in [-0.1, -0.05) is 0 Å². The van der Waals surface area contributed by atoms with E-state index in [0.29, 0.717) is 0 Å². The van der Waals surface area contributed by atoms with E-state index in [4.69, 9.17) is 16.9 Å². The van der Waals surface area contributed by atoms with Gasteiger partial charge in [0, 0.05) is 6.42 Å². The first-order chi connectivity index (χ1) is 3.98. The molecule has 0 radical (unpaired) electrons. The number of halogens is 1. The van der Waals surface area contributed by atoms with E-state index in [2.05, 4.69) is 0 Å². The van der Waals surface area contributed by atoms with Gasteiger partial charge in [-0.25, -0.2) is 0 Å². The summed E-state index contributed by atoms with van der Waals surface area (Å²) >= 11 is 5.05. The van der Waals surface area contributed by atoms with Crippen molar-refractivity contribution in [2.24, 2.45) is 5.41 Å². The van der Waals surface area contributed by atoms with Gasteiger partial charge in [0.15, 0.2) is 0 Å². The van der Waals surface area contributed by atoms with Crippen molar-refractivity contribution in [3.8, 4) is 6.07 Å². The van der Waals surface area contributed by atoms with Gasteiger partial charge in [0.2, 0.25) is 5.24 Å². The van der Waals surface area contributed by atoms with Gasteiger partial charge in [-0.15, -0.1) is 0 Å². The summed E-state index contributed by atoms with van der Waals surface area (Å²) in [5.74, 6) is 0. The van der Waals surface area contributed by atoms with Crippen LogP contribution in [0.5, 0.6) is 0 Å². The van der Waals surface area contributed by atoms with E-state index in [9.17, 15) is 4.79 Å². The molecule has 0 spiro atoms. The Morgan fingerprint density at radius 1 is 1.78 bits per heavy atom. The molecule has 0 aromatic heterocycles. The highest BCUT2D eigenvalue weighted by Gasteiger charge is 2.19. The minimum Gasteiger partial charge on any atom is -0.281 e. The van der Waals surface area contributed by atoms with Crippen molar-refractivity contribution < 1.29 is 4.79 Å². The summed E-state index contributed by atoms with van der Waals surface area (Å²) in [5.41, 5.74) is -0.612. The van der Waals surface area contributed by atoms with Crippen LogP contribution in [-0.4, -0.2) is 5.24 Å². The fourth-order valence-corrected chi connectivity index (χ4v) is 0.721. The van der Waals surface area contributed by atoms with Gasteiger partial charge in [-0.2, -0.15) is 5.26 Å². The van der Waals surface area contributed by atoms with Crippen molar-refractivity contribution in [1.29, 1.82) is 5.26 Å². The zero-order valence-electron chi connectivity index (χ0n) is 5.44. The molecule has 0 saturated heterocycles. The van der Waals surface area contributed by atoms with Crippen LogP contribution in [0.2, 0.25) is 0 Å². The summed E-state index contributed by atoms with van der Waals surface area (Å²) in [5, 5.41) is 7.93. The number of hydrogen-bond donors (Lipinski definition) is 0. The number of hydrogen-bond acceptors (Lipinski definition) is 2. The molecule has 0 rings (SSSR count). The summed E-state index contributed by atoms with van der Waals surface area (Å²) in [4.78, 5) is 10.2. The Morgan fingerprint density at radius 2 is 2.22 bits per heavy atom. The summed E-state index contributed by atoms with van der Waals surface area (Å²) in [6.07, 6.45) is 0.116. The number of rotatable bonds is 2. The molecule has 0 N–H and O–H groups in total. The molecule has 0 bridgehead atoms. The minimum absolute atomic E-state index is 0.116. The zero-order valence-corrected chi connectivity index (χ0v) is 6.20. The van der Waals surface area contributed by atoms with Crippen LogP contribution < -0.4 is 0 Å². The van der Waals surface area contributed by atoms with Gasteiger partial charge in [0.1, 0.15) is 0 Å². The Labute approximate surface area is 59.4 Å². The Balaban J connectivity index is 3.91. The Morgan fingerprint density at radius 3 is 2.33 bits per heavy atom. The van der Waals surface area contributed by atoms with E-state index in [1.807, 2.05) is 6.07 Å². The highest BCUT2D eigenvalue weighted by atomic mass is 35.5. The smallest absolute Gasteiger partial charge is 0.223 e. The standard InChI is InChI=1S/C6H8ClNO/c1-6(2,4-8)3-5(7)9/h3H2,1-2H3. The highest BCUT2D eigenvalue weighted by molar-refractivity contribution is 6.63. The first kappa shape index (κ1) is 8.45. The molecule has 0 aromatic carbocycles. The molecule has 0 atom stereocenters. The first-order valence-corrected chi connectivity index (χ1v) is 2.95. The van der Waals surface area contributed by atoms with Crippen LogP contribution in [0.1, 0.15) is 20.3 Å². The molecule has 0 unspecified atom stereocenters. The third-order valence-corrected chi connectivity index (χ3v) is 1.02. The van der Waals surface area contributed by atoms with Crippen molar-refractivity contribution in [2.75, 3.05) is 0 Å². The summed E-state index contributed by atoms with van der Waals surface area (Å²) in [6, 6.07) is 1.97. The van der Waals surface area contributed by atoms with Crippen LogP contribution >= 0.6 is 11.6 Å². The number of nitrogens with zero attached hydrogens (tertiary/aromatic N) is 1. The molecule has 3 heteroatoms. The third kappa shape index (κ3) is 3.99. The molecule has 0 fully saturated rings. The normalized spacial score (nSPS) is 10.4. The number of carbonyl (C=O) groups excluding carboxylic acids is 1. The second kappa shape index (κ2) is 2.84. The highest BCUT2D eigenvalue weighted by Crippen LogP contribution is 2.19. The monoisotopic (exact) mass is 145 g/mol. The summed E-state index contributed by atoms with van der Waals surface area (Å²) in [7, 11) is 0. The van der Waals surface area contributed by atoms with Crippen molar-refractivity contribution in [3.05, 3.63) is 0 Å². The summed E-state index contributed by atoms with van der Waals surface area (Å²) in [6.45, 7) is 3.35. The number of carbonyl (C=O) groups is 1. The first-order valence-electron chi connectivity index (χ1n) is 2.57. The lowest BCUT2D eigenvalue weighted by molar-refractivity contribution is -0.112. The second-order valence-corrected chi connectivity index (χ2v) is 2.95. The maximum atomic E-state index is 10.2. The molecular formula is C6H8ClNO. The summed E-state index contributed by atoms with van der Waals surface area (Å²) < 4.78 is 0. The molecule has 0 aliphatic rings. The van der Waals surface area contributed by atoms with E-state index >= 15 is 0 Å². The zero-order chi connectivity index (χ0) is 7.49. The molecule has 0 heterocycles. The molecule has 0 aliphatic heterocycles. The van der Waals surface area contributed by atoms with Crippen LogP contribution in [0.15, 0.2) is 0 Å². The van der Waals surface area contributed by atoms with Gasteiger partial charge in [-0.3, -0.25) is 4.79 Å². The van der Waals surface area contributed by atoms with Crippen molar-refractivity contribution in [3.63, 3.8) is 0 Å². The van der Waals surface area contributed by atoms with Gasteiger partial charge in [0.25, 0.3) is 0 Å². The maximum Gasteiger partial charge on any atom is 0.223 e. The van der Waals surface area contributed by atoms with Crippen LogP contribution in [0, 0.1) is 16.7 Å². The van der Waals surface area contributed by atoms with Gasteiger partial charge >= 0.3 is 0 Å². The van der Waals surface area contributed by atoms with Gasteiger partial charge < -0.3 is 0 Å². The number of nitriles is 1. The molecule has 0 amide bonds. The maximum absolute atomic E-state index is 10.2. The molecule has 0 aromatic rings. The molecule has 0 aliphatic carbocycles. The van der Waals surface area contributed by atoms with Crippen molar-refractivity contribution >= 4 is 16.8 Å². The van der Waals surface area contributed by atoms with E-state index < -0.39 is 10.7 Å². The van der Waals surface area contributed by atoms with Crippen LogP contribution in [0.3, 0.4) is 0 Å². The van der Waals surface area contributed by atoms with E-state index in [-0.39, 0.29) is 6.42 Å². The predicted molar refractivity (Wildman–Crippen MR) is 34.9 cm³/mol. The van der Waals surface area contributed by atoms with Gasteiger partial charge in [-0.05, 0) is 25.4 Å². The Bertz CT molecular complexity index is 157. The van der Waals surface area contributed by atoms with E-state index in [1.54, 1.807) is 13.8 Å². The fourth-order valence-electron chi connectivity index (χ4n) is 0.387. The SMILES string of the molecule is CC(C)(C#N)CC(=O)Cl. The van der Waals surface area contributed by atoms with Crippen molar-refractivity contribution in [1.82, 2.24) is 0 Å².